The predicted octanol–water partition coefficient (Wildman–Crippen LogP) is 0.983. The van der Waals surface area contributed by atoms with Gasteiger partial charge in [-0.2, -0.15) is 4.57 Å². The lowest BCUT2D eigenvalue weighted by Crippen LogP contribution is -2.44. The van der Waals surface area contributed by atoms with Crippen LogP contribution in [-0.2, 0) is 11.3 Å². The maximum atomic E-state index is 12.1. The van der Waals surface area contributed by atoms with E-state index in [-0.39, 0.29) is 12.5 Å². The molecule has 1 amide bonds. The summed E-state index contributed by atoms with van der Waals surface area (Å²) in [6, 6.07) is 3.57. The van der Waals surface area contributed by atoms with Crippen LogP contribution in [0.15, 0.2) is 55.0 Å². The lowest BCUT2D eigenvalue weighted by Gasteiger charge is -2.17. The van der Waals surface area contributed by atoms with Crippen molar-refractivity contribution in [1.82, 2.24) is 4.90 Å². The fourth-order valence-electron chi connectivity index (χ4n) is 1.63. The van der Waals surface area contributed by atoms with Gasteiger partial charge >= 0.3 is 0 Å². The van der Waals surface area contributed by atoms with Gasteiger partial charge in [-0.1, -0.05) is 17.3 Å². The molecule has 0 aliphatic heterocycles. The summed E-state index contributed by atoms with van der Waals surface area (Å²) in [5, 5.41) is 11.4. The third kappa shape index (κ3) is 4.75. The summed E-state index contributed by atoms with van der Waals surface area (Å²) in [5.41, 5.74) is 0.719. The number of amides is 1. The minimum atomic E-state index is -0.0251. The molecule has 0 fully saturated rings. The Balaban J connectivity index is 2.76. The summed E-state index contributed by atoms with van der Waals surface area (Å²) in [6.45, 7) is 8.46. The highest BCUT2D eigenvalue weighted by Gasteiger charge is 2.15. The van der Waals surface area contributed by atoms with Crippen LogP contribution in [0.2, 0.25) is 0 Å². The molecule has 0 bridgehead atoms. The second kappa shape index (κ2) is 7.81. The van der Waals surface area contributed by atoms with Crippen LogP contribution in [0.5, 0.6) is 0 Å². The Kier molecular flexibility index (Phi) is 6.02. The standard InChI is InChI=1S/C14H17N3O2/c1-3-7-17(8-4-2)14(18)12-16-9-5-6-13(11-16)10-15-19/h3-6,9-11H,1-2,7-8,12H2/p+1/b15-10+. The first-order valence-electron chi connectivity index (χ1n) is 5.87. The van der Waals surface area contributed by atoms with Crippen molar-refractivity contribution in [2.24, 2.45) is 5.16 Å². The summed E-state index contributed by atoms with van der Waals surface area (Å²) >= 11 is 0. The molecule has 100 valence electrons. The van der Waals surface area contributed by atoms with Crippen molar-refractivity contribution in [2.75, 3.05) is 13.1 Å². The summed E-state index contributed by atoms with van der Waals surface area (Å²) in [4.78, 5) is 13.7. The molecule has 0 saturated carbocycles. The Morgan fingerprint density at radius 3 is 2.68 bits per heavy atom. The third-order valence-electron chi connectivity index (χ3n) is 2.46. The van der Waals surface area contributed by atoms with E-state index in [0.717, 1.165) is 5.56 Å². The Labute approximate surface area is 112 Å². The topological polar surface area (TPSA) is 56.8 Å². The van der Waals surface area contributed by atoms with E-state index in [4.69, 9.17) is 5.21 Å². The van der Waals surface area contributed by atoms with Gasteiger partial charge in [0.25, 0.3) is 5.91 Å². The number of hydrogen-bond donors (Lipinski definition) is 1. The number of rotatable bonds is 7. The van der Waals surface area contributed by atoms with Gasteiger partial charge in [0.1, 0.15) is 0 Å². The number of carbonyl (C=O) groups is 1. The largest absolute Gasteiger partial charge is 0.411 e. The Bertz CT molecular complexity index is 473. The quantitative estimate of drug-likeness (QED) is 0.261. The van der Waals surface area contributed by atoms with E-state index in [1.54, 1.807) is 46.1 Å². The van der Waals surface area contributed by atoms with Crippen molar-refractivity contribution in [3.8, 4) is 0 Å². The van der Waals surface area contributed by atoms with E-state index >= 15 is 0 Å². The van der Waals surface area contributed by atoms with Gasteiger partial charge < -0.3 is 10.1 Å². The maximum Gasteiger partial charge on any atom is 0.289 e. The molecular weight excluding hydrogens is 242 g/mol. The molecule has 5 heteroatoms. The molecule has 5 nitrogen and oxygen atoms in total. The van der Waals surface area contributed by atoms with Crippen LogP contribution in [0.4, 0.5) is 0 Å². The van der Waals surface area contributed by atoms with Crippen molar-refractivity contribution < 1.29 is 14.6 Å². The minimum Gasteiger partial charge on any atom is -0.411 e. The maximum absolute atomic E-state index is 12.1. The number of hydrogen-bond acceptors (Lipinski definition) is 3. The number of aromatic nitrogens is 1. The highest BCUT2D eigenvalue weighted by molar-refractivity contribution is 5.78. The molecule has 0 saturated heterocycles. The van der Waals surface area contributed by atoms with Crippen LogP contribution in [0.1, 0.15) is 5.56 Å². The van der Waals surface area contributed by atoms with E-state index in [1.165, 1.54) is 6.21 Å². The predicted molar refractivity (Wildman–Crippen MR) is 73.0 cm³/mol. The number of pyridine rings is 1. The zero-order valence-electron chi connectivity index (χ0n) is 10.8. The molecule has 0 radical (unpaired) electrons. The van der Waals surface area contributed by atoms with Gasteiger partial charge in [0.15, 0.2) is 12.4 Å². The van der Waals surface area contributed by atoms with Crippen LogP contribution in [0.25, 0.3) is 0 Å². The normalized spacial score (nSPS) is 10.3. The fraction of sp³-hybridized carbons (Fsp3) is 0.214. The summed E-state index contributed by atoms with van der Waals surface area (Å²) in [7, 11) is 0. The monoisotopic (exact) mass is 260 g/mol. The highest BCUT2D eigenvalue weighted by atomic mass is 16.4. The zero-order chi connectivity index (χ0) is 14.1. The van der Waals surface area contributed by atoms with Gasteiger partial charge in [-0.05, 0) is 6.07 Å². The van der Waals surface area contributed by atoms with Crippen LogP contribution in [0.3, 0.4) is 0 Å². The molecule has 0 aliphatic carbocycles. The first-order chi connectivity index (χ1) is 9.21. The second-order valence-corrected chi connectivity index (χ2v) is 3.93. The summed E-state index contributed by atoms with van der Waals surface area (Å²) < 4.78 is 1.73. The zero-order valence-corrected chi connectivity index (χ0v) is 10.8. The van der Waals surface area contributed by atoms with E-state index < -0.39 is 0 Å². The third-order valence-corrected chi connectivity index (χ3v) is 2.46. The minimum absolute atomic E-state index is 0.0251. The van der Waals surface area contributed by atoms with Crippen molar-refractivity contribution in [1.29, 1.82) is 0 Å². The van der Waals surface area contributed by atoms with E-state index in [2.05, 4.69) is 18.3 Å². The molecular formula is C14H18N3O2+. The van der Waals surface area contributed by atoms with Gasteiger partial charge in [-0.3, -0.25) is 4.79 Å². The number of carbonyl (C=O) groups excluding carboxylic acids is 1. The Hall–Kier alpha value is -2.43. The molecule has 1 rings (SSSR count). The SMILES string of the molecule is C=CCN(CC=C)C(=O)C[n+]1cccc(/C=N/O)c1. The summed E-state index contributed by atoms with van der Waals surface area (Å²) in [5.74, 6) is -0.0251. The van der Waals surface area contributed by atoms with Gasteiger partial charge in [0.05, 0.1) is 11.8 Å². The van der Waals surface area contributed by atoms with Crippen LogP contribution in [-0.4, -0.2) is 35.3 Å². The van der Waals surface area contributed by atoms with Crippen LogP contribution in [0, 0.1) is 0 Å². The second-order valence-electron chi connectivity index (χ2n) is 3.93. The van der Waals surface area contributed by atoms with E-state index in [0.29, 0.717) is 13.1 Å². The molecule has 0 atom stereocenters. The first kappa shape index (κ1) is 14.6. The van der Waals surface area contributed by atoms with Crippen molar-refractivity contribution >= 4 is 12.1 Å². The first-order valence-corrected chi connectivity index (χ1v) is 5.87. The van der Waals surface area contributed by atoms with Crippen molar-refractivity contribution in [2.45, 2.75) is 6.54 Å². The lowest BCUT2D eigenvalue weighted by molar-refractivity contribution is -0.685. The van der Waals surface area contributed by atoms with Gasteiger partial charge in [0.2, 0.25) is 6.54 Å². The average molecular weight is 260 g/mol. The molecule has 1 heterocycles. The van der Waals surface area contributed by atoms with Crippen LogP contribution >= 0.6 is 0 Å². The number of nitrogens with zero attached hydrogens (tertiary/aromatic N) is 3. The Morgan fingerprint density at radius 1 is 1.42 bits per heavy atom. The van der Waals surface area contributed by atoms with Gasteiger partial charge in [-0.25, -0.2) is 0 Å². The molecule has 19 heavy (non-hydrogen) atoms. The molecule has 0 aliphatic rings. The smallest absolute Gasteiger partial charge is 0.289 e. The highest BCUT2D eigenvalue weighted by Crippen LogP contribution is 1.94. The van der Waals surface area contributed by atoms with Crippen molar-refractivity contribution in [3.05, 3.63) is 55.4 Å². The summed E-state index contributed by atoms with van der Waals surface area (Å²) in [6.07, 6.45) is 8.19. The molecule has 0 unspecified atom stereocenters. The van der Waals surface area contributed by atoms with Crippen molar-refractivity contribution in [3.63, 3.8) is 0 Å². The van der Waals surface area contributed by atoms with Gasteiger partial charge in [-0.15, -0.1) is 13.2 Å². The molecule has 1 N–H and O–H groups in total. The van der Waals surface area contributed by atoms with E-state index in [1.807, 2.05) is 0 Å². The van der Waals surface area contributed by atoms with Gasteiger partial charge in [0, 0.05) is 19.2 Å². The molecule has 0 aromatic carbocycles. The van der Waals surface area contributed by atoms with E-state index in [9.17, 15) is 4.79 Å². The number of oxime groups is 1. The lowest BCUT2D eigenvalue weighted by atomic mass is 10.3. The van der Waals surface area contributed by atoms with Crippen LogP contribution < -0.4 is 4.57 Å². The molecule has 1 aromatic rings. The fourth-order valence-corrected chi connectivity index (χ4v) is 1.63. The average Bonchev–Trinajstić information content (AvgIpc) is 2.39. The molecule has 1 aromatic heterocycles. The molecule has 0 spiro atoms. The Morgan fingerprint density at radius 2 is 2.11 bits per heavy atom.